The van der Waals surface area contributed by atoms with Gasteiger partial charge in [-0.05, 0) is 136 Å². The van der Waals surface area contributed by atoms with Gasteiger partial charge in [0.2, 0.25) is 0 Å². The van der Waals surface area contributed by atoms with Crippen LogP contribution < -0.4 is 28.4 Å². The highest BCUT2D eigenvalue weighted by Gasteiger charge is 2.16. The van der Waals surface area contributed by atoms with E-state index in [1.54, 1.807) is 24.3 Å². The second kappa shape index (κ2) is 18.1. The molecule has 0 spiro atoms. The predicted molar refractivity (Wildman–Crippen MR) is 182 cm³/mol. The van der Waals surface area contributed by atoms with Crippen LogP contribution >= 0.6 is 0 Å². The number of carbonyl (C=O) groups is 3. The molecule has 4 rings (SSSR count). The Morgan fingerprint density at radius 3 is 1.21 bits per heavy atom. The Morgan fingerprint density at radius 1 is 0.479 bits per heavy atom. The van der Waals surface area contributed by atoms with E-state index in [0.29, 0.717) is 24.7 Å². The van der Waals surface area contributed by atoms with Crippen LogP contribution in [0.4, 0.5) is 4.79 Å². The van der Waals surface area contributed by atoms with Crippen molar-refractivity contribution in [3.8, 4) is 34.5 Å². The third-order valence-corrected chi connectivity index (χ3v) is 7.27. The summed E-state index contributed by atoms with van der Waals surface area (Å²) in [5.41, 5.74) is 2.37. The van der Waals surface area contributed by atoms with Gasteiger partial charge in [-0.3, -0.25) is 0 Å². The number of unbranched alkanes of at least 4 members (excludes halogenated alkanes) is 2. The van der Waals surface area contributed by atoms with E-state index in [9.17, 15) is 14.4 Å². The van der Waals surface area contributed by atoms with Crippen LogP contribution in [-0.2, 0) is 12.8 Å². The van der Waals surface area contributed by atoms with Crippen molar-refractivity contribution in [2.24, 2.45) is 0 Å². The Bertz CT molecular complexity index is 1540. The number of carbonyl (C=O) groups excluding carboxylic acids is 3. The highest BCUT2D eigenvalue weighted by atomic mass is 16.7. The Labute approximate surface area is 281 Å². The van der Waals surface area contributed by atoms with Gasteiger partial charge in [0, 0.05) is 0 Å². The molecule has 0 bridgehead atoms. The van der Waals surface area contributed by atoms with Crippen molar-refractivity contribution in [2.75, 3.05) is 13.2 Å². The first-order valence-electron chi connectivity index (χ1n) is 16.4. The van der Waals surface area contributed by atoms with E-state index in [2.05, 4.69) is 13.8 Å². The van der Waals surface area contributed by atoms with Gasteiger partial charge in [-0.15, -0.1) is 0 Å². The van der Waals surface area contributed by atoms with Crippen molar-refractivity contribution < 1.29 is 42.8 Å². The molecule has 9 heteroatoms. The molecule has 0 aliphatic rings. The van der Waals surface area contributed by atoms with Crippen LogP contribution in [0.1, 0.15) is 85.2 Å². The fraction of sp³-hybridized carbons (Fsp3) is 0.308. The summed E-state index contributed by atoms with van der Waals surface area (Å²) >= 11 is 0. The molecule has 0 unspecified atom stereocenters. The molecule has 0 aliphatic heterocycles. The lowest BCUT2D eigenvalue weighted by molar-refractivity contribution is 0.0723. The van der Waals surface area contributed by atoms with Gasteiger partial charge in [-0.2, -0.15) is 0 Å². The molecular formula is C39H42O9. The Balaban J connectivity index is 1.32. The number of aryl methyl sites for hydroxylation is 2. The lowest BCUT2D eigenvalue weighted by Gasteiger charge is -2.13. The first kappa shape index (κ1) is 35.5. The molecule has 4 aromatic carbocycles. The molecule has 0 N–H and O–H groups in total. The lowest BCUT2D eigenvalue weighted by atomic mass is 10.1. The predicted octanol–water partition coefficient (Wildman–Crippen LogP) is 9.19. The molecule has 0 saturated heterocycles. The largest absolute Gasteiger partial charge is 0.519 e. The first-order valence-corrected chi connectivity index (χ1v) is 16.4. The maximum Gasteiger partial charge on any atom is 0.519 e. The van der Waals surface area contributed by atoms with Gasteiger partial charge in [0.1, 0.15) is 34.5 Å². The van der Waals surface area contributed by atoms with Crippen LogP contribution in [0.25, 0.3) is 0 Å². The van der Waals surface area contributed by atoms with Gasteiger partial charge >= 0.3 is 18.1 Å². The molecule has 0 aromatic heterocycles. The normalized spacial score (nSPS) is 10.6. The summed E-state index contributed by atoms with van der Waals surface area (Å²) in [6, 6.07) is 22.7. The lowest BCUT2D eigenvalue weighted by Crippen LogP contribution is -2.14. The van der Waals surface area contributed by atoms with Crippen LogP contribution in [0.5, 0.6) is 34.5 Å². The van der Waals surface area contributed by atoms with Crippen molar-refractivity contribution in [2.45, 2.75) is 66.2 Å². The van der Waals surface area contributed by atoms with Crippen LogP contribution in [0.2, 0.25) is 0 Å². The number of hydrogen-bond donors (Lipinski definition) is 0. The van der Waals surface area contributed by atoms with E-state index in [1.807, 2.05) is 26.0 Å². The zero-order valence-corrected chi connectivity index (χ0v) is 27.9. The van der Waals surface area contributed by atoms with Crippen molar-refractivity contribution in [1.82, 2.24) is 0 Å². The Hall–Kier alpha value is -5.31. The van der Waals surface area contributed by atoms with Gasteiger partial charge < -0.3 is 28.4 Å². The van der Waals surface area contributed by atoms with Gasteiger partial charge in [-0.25, -0.2) is 14.4 Å². The summed E-state index contributed by atoms with van der Waals surface area (Å²) in [6.07, 6.45) is 4.43. The number of rotatable bonds is 16. The van der Waals surface area contributed by atoms with Gasteiger partial charge in [-0.1, -0.05) is 26.7 Å². The topological polar surface area (TPSA) is 107 Å². The Morgan fingerprint density at radius 2 is 0.854 bits per heavy atom. The fourth-order valence-electron chi connectivity index (χ4n) is 4.80. The highest BCUT2D eigenvalue weighted by molar-refractivity contribution is 5.92. The molecule has 0 saturated carbocycles. The van der Waals surface area contributed by atoms with Crippen molar-refractivity contribution in [3.63, 3.8) is 0 Å². The maximum absolute atomic E-state index is 12.9. The summed E-state index contributed by atoms with van der Waals surface area (Å²) in [5, 5.41) is 0. The fourth-order valence-corrected chi connectivity index (χ4v) is 4.80. The maximum atomic E-state index is 12.9. The number of hydrogen-bond acceptors (Lipinski definition) is 9. The molecule has 0 radical (unpaired) electrons. The minimum absolute atomic E-state index is 0.177. The first-order chi connectivity index (χ1) is 23.3. The Kier molecular flexibility index (Phi) is 13.4. The SMILES string of the molecule is CCCCc1cc(OCC)ccc1OC(=O)c1ccc(OC(=O)Oc2ccc(C(=O)Oc3ccc(OCC)cc3CCCC)cc2)cc1. The quantitative estimate of drug-likeness (QED) is 0.0664. The third-order valence-electron chi connectivity index (χ3n) is 7.27. The minimum atomic E-state index is -0.981. The zero-order valence-electron chi connectivity index (χ0n) is 27.9. The molecular weight excluding hydrogens is 612 g/mol. The minimum Gasteiger partial charge on any atom is -0.494 e. The molecule has 0 aliphatic carbocycles. The van der Waals surface area contributed by atoms with Crippen LogP contribution in [-0.4, -0.2) is 31.3 Å². The molecule has 0 amide bonds. The van der Waals surface area contributed by atoms with Crippen LogP contribution in [0, 0.1) is 0 Å². The van der Waals surface area contributed by atoms with E-state index in [0.717, 1.165) is 61.2 Å². The number of benzene rings is 4. The molecule has 9 nitrogen and oxygen atoms in total. The molecule has 0 atom stereocenters. The third kappa shape index (κ3) is 10.4. The van der Waals surface area contributed by atoms with E-state index in [4.69, 9.17) is 28.4 Å². The van der Waals surface area contributed by atoms with Crippen LogP contribution in [0.15, 0.2) is 84.9 Å². The summed E-state index contributed by atoms with van der Waals surface area (Å²) in [5.74, 6) is 1.69. The summed E-state index contributed by atoms with van der Waals surface area (Å²) in [7, 11) is 0. The van der Waals surface area contributed by atoms with Gasteiger partial charge in [0.05, 0.1) is 24.3 Å². The highest BCUT2D eigenvalue weighted by Crippen LogP contribution is 2.29. The zero-order chi connectivity index (χ0) is 34.3. The molecule has 0 fully saturated rings. The van der Waals surface area contributed by atoms with Gasteiger partial charge in [0.15, 0.2) is 0 Å². The van der Waals surface area contributed by atoms with E-state index in [-0.39, 0.29) is 22.6 Å². The number of ether oxygens (including phenoxy) is 6. The van der Waals surface area contributed by atoms with E-state index < -0.39 is 18.1 Å². The van der Waals surface area contributed by atoms with Crippen LogP contribution in [0.3, 0.4) is 0 Å². The van der Waals surface area contributed by atoms with E-state index >= 15 is 0 Å². The second-order valence-electron chi connectivity index (χ2n) is 10.9. The summed E-state index contributed by atoms with van der Waals surface area (Å²) in [6.45, 7) is 9.12. The molecule has 48 heavy (non-hydrogen) atoms. The smallest absolute Gasteiger partial charge is 0.494 e. The molecule has 4 aromatic rings. The average molecular weight is 655 g/mol. The van der Waals surface area contributed by atoms with Crippen molar-refractivity contribution >= 4 is 18.1 Å². The average Bonchev–Trinajstić information content (AvgIpc) is 3.09. The summed E-state index contributed by atoms with van der Waals surface area (Å²) in [4.78, 5) is 38.2. The molecule has 0 heterocycles. The monoisotopic (exact) mass is 654 g/mol. The van der Waals surface area contributed by atoms with Gasteiger partial charge in [0.25, 0.3) is 0 Å². The molecule has 252 valence electrons. The standard InChI is InChI=1S/C39H42O9/c1-5-9-11-29-25-33(43-7-3)21-23-35(29)47-37(40)27-13-17-31(18-14-27)45-39(42)46-32-19-15-28(16-20-32)38(41)48-36-24-22-34(44-8-4)26-30(36)12-10-6-2/h13-26H,5-12H2,1-4H3. The summed E-state index contributed by atoms with van der Waals surface area (Å²) < 4.78 is 33.1. The second-order valence-corrected chi connectivity index (χ2v) is 10.9. The van der Waals surface area contributed by atoms with Crippen molar-refractivity contribution in [1.29, 1.82) is 0 Å². The van der Waals surface area contributed by atoms with Crippen molar-refractivity contribution in [3.05, 3.63) is 107 Å². The van der Waals surface area contributed by atoms with E-state index in [1.165, 1.54) is 48.5 Å². The number of esters is 2.